The van der Waals surface area contributed by atoms with E-state index in [1.54, 1.807) is 18.3 Å². The molecule has 6 nitrogen and oxygen atoms in total. The molecule has 1 aromatic heterocycles. The SMILES string of the molecule is CC(C)[C@@H](/C=N\N)NOC(=O)c1cccnc1. The molecule has 1 atom stereocenters. The van der Waals surface area contributed by atoms with E-state index in [0.717, 1.165) is 0 Å². The largest absolute Gasteiger partial charge is 0.366 e. The van der Waals surface area contributed by atoms with Gasteiger partial charge in [-0.1, -0.05) is 13.8 Å². The second-order valence-corrected chi connectivity index (χ2v) is 3.82. The molecule has 0 aromatic carbocycles. The van der Waals surface area contributed by atoms with Crippen LogP contribution in [0.25, 0.3) is 0 Å². The minimum absolute atomic E-state index is 0.198. The smallest absolute Gasteiger partial charge is 0.358 e. The molecule has 0 aliphatic carbocycles. The molecule has 0 fully saturated rings. The summed E-state index contributed by atoms with van der Waals surface area (Å²) < 4.78 is 0. The highest BCUT2D eigenvalue weighted by molar-refractivity contribution is 5.88. The maximum Gasteiger partial charge on any atom is 0.358 e. The number of hydroxylamine groups is 1. The van der Waals surface area contributed by atoms with Crippen molar-refractivity contribution in [3.63, 3.8) is 0 Å². The van der Waals surface area contributed by atoms with Crippen LogP contribution in [0.5, 0.6) is 0 Å². The number of hydrogen-bond donors (Lipinski definition) is 2. The lowest BCUT2D eigenvalue weighted by atomic mass is 10.1. The maximum absolute atomic E-state index is 11.6. The van der Waals surface area contributed by atoms with Gasteiger partial charge in [0.15, 0.2) is 0 Å². The van der Waals surface area contributed by atoms with Crippen LogP contribution < -0.4 is 11.3 Å². The van der Waals surface area contributed by atoms with E-state index in [1.165, 1.54) is 12.4 Å². The van der Waals surface area contributed by atoms with Gasteiger partial charge in [-0.2, -0.15) is 5.10 Å². The van der Waals surface area contributed by atoms with Crippen LogP contribution in [0.15, 0.2) is 29.6 Å². The predicted molar refractivity (Wildman–Crippen MR) is 64.1 cm³/mol. The second kappa shape index (κ2) is 6.59. The van der Waals surface area contributed by atoms with Gasteiger partial charge in [0, 0.05) is 18.6 Å². The zero-order valence-corrected chi connectivity index (χ0v) is 9.83. The highest BCUT2D eigenvalue weighted by atomic mass is 16.7. The second-order valence-electron chi connectivity index (χ2n) is 3.82. The molecular formula is C11H16N4O2. The molecule has 0 saturated carbocycles. The van der Waals surface area contributed by atoms with Crippen LogP contribution in [0, 0.1) is 5.92 Å². The van der Waals surface area contributed by atoms with Gasteiger partial charge >= 0.3 is 5.97 Å². The molecule has 6 heteroatoms. The van der Waals surface area contributed by atoms with Crippen LogP contribution in [-0.2, 0) is 4.84 Å². The number of hydrazone groups is 1. The first kappa shape index (κ1) is 13.1. The molecule has 0 aliphatic rings. The number of carbonyl (C=O) groups is 1. The minimum Gasteiger partial charge on any atom is -0.366 e. The van der Waals surface area contributed by atoms with Crippen molar-refractivity contribution in [2.45, 2.75) is 19.9 Å². The Balaban J connectivity index is 2.53. The lowest BCUT2D eigenvalue weighted by Gasteiger charge is -2.16. The average molecular weight is 236 g/mol. The molecule has 1 heterocycles. The predicted octanol–water partition coefficient (Wildman–Crippen LogP) is 0.712. The summed E-state index contributed by atoms with van der Waals surface area (Å²) in [6, 6.07) is 3.07. The van der Waals surface area contributed by atoms with Crippen LogP contribution in [0.4, 0.5) is 0 Å². The normalized spacial score (nSPS) is 12.9. The highest BCUT2D eigenvalue weighted by Gasteiger charge is 2.14. The van der Waals surface area contributed by atoms with Gasteiger partial charge in [-0.3, -0.25) is 4.98 Å². The Bertz CT molecular complexity index is 378. The van der Waals surface area contributed by atoms with Crippen molar-refractivity contribution in [3.05, 3.63) is 30.1 Å². The molecule has 0 bridgehead atoms. The minimum atomic E-state index is -0.492. The summed E-state index contributed by atoms with van der Waals surface area (Å²) >= 11 is 0. The number of rotatable bonds is 5. The van der Waals surface area contributed by atoms with Crippen molar-refractivity contribution < 1.29 is 9.63 Å². The van der Waals surface area contributed by atoms with Crippen LogP contribution in [-0.4, -0.2) is 23.2 Å². The third-order valence-electron chi connectivity index (χ3n) is 2.15. The van der Waals surface area contributed by atoms with E-state index in [2.05, 4.69) is 15.6 Å². The van der Waals surface area contributed by atoms with E-state index in [4.69, 9.17) is 10.7 Å². The quantitative estimate of drug-likeness (QED) is 0.446. The molecule has 17 heavy (non-hydrogen) atoms. The van der Waals surface area contributed by atoms with E-state index < -0.39 is 5.97 Å². The Kier molecular flexibility index (Phi) is 5.09. The average Bonchev–Trinajstić information content (AvgIpc) is 2.34. The molecule has 1 rings (SSSR count). The molecule has 1 aromatic rings. The van der Waals surface area contributed by atoms with Crippen molar-refractivity contribution >= 4 is 12.2 Å². The van der Waals surface area contributed by atoms with E-state index in [0.29, 0.717) is 5.56 Å². The number of pyridine rings is 1. The van der Waals surface area contributed by atoms with E-state index in [1.807, 2.05) is 13.8 Å². The fourth-order valence-electron chi connectivity index (χ4n) is 1.10. The van der Waals surface area contributed by atoms with Gasteiger partial charge in [0.25, 0.3) is 0 Å². The van der Waals surface area contributed by atoms with Crippen molar-refractivity contribution in [1.82, 2.24) is 10.5 Å². The third kappa shape index (κ3) is 4.20. The Morgan fingerprint density at radius 3 is 2.94 bits per heavy atom. The maximum atomic E-state index is 11.6. The molecule has 0 amide bonds. The van der Waals surface area contributed by atoms with Crippen LogP contribution in [0.1, 0.15) is 24.2 Å². The number of nitrogens with zero attached hydrogens (tertiary/aromatic N) is 2. The molecule has 0 spiro atoms. The van der Waals surface area contributed by atoms with E-state index in [9.17, 15) is 4.79 Å². The fourth-order valence-corrected chi connectivity index (χ4v) is 1.10. The van der Waals surface area contributed by atoms with Crippen molar-refractivity contribution in [2.75, 3.05) is 0 Å². The molecule has 0 unspecified atom stereocenters. The topological polar surface area (TPSA) is 89.6 Å². The number of carbonyl (C=O) groups excluding carboxylic acids is 1. The van der Waals surface area contributed by atoms with E-state index >= 15 is 0 Å². The summed E-state index contributed by atoms with van der Waals surface area (Å²) in [5.41, 5.74) is 2.99. The standard InChI is InChI=1S/C11H16N4O2/c1-8(2)10(7-14-12)15-17-11(16)9-4-3-5-13-6-9/h3-8,10,15H,12H2,1-2H3/b14-7-/t10-/m1/s1. The summed E-state index contributed by atoms with van der Waals surface area (Å²) in [7, 11) is 0. The molecule has 0 aliphatic heterocycles. The number of nitrogens with one attached hydrogen (secondary N) is 1. The van der Waals surface area contributed by atoms with Gasteiger partial charge in [-0.25, -0.2) is 4.79 Å². The van der Waals surface area contributed by atoms with Gasteiger partial charge in [0.2, 0.25) is 0 Å². The highest BCUT2D eigenvalue weighted by Crippen LogP contribution is 2.01. The van der Waals surface area contributed by atoms with Gasteiger partial charge < -0.3 is 10.7 Å². The summed E-state index contributed by atoms with van der Waals surface area (Å²) in [4.78, 5) is 20.3. The monoisotopic (exact) mass is 236 g/mol. The van der Waals surface area contributed by atoms with Crippen molar-refractivity contribution in [3.8, 4) is 0 Å². The van der Waals surface area contributed by atoms with Gasteiger partial charge in [0.05, 0.1) is 11.6 Å². The summed E-state index contributed by atoms with van der Waals surface area (Å²) in [5.74, 6) is 4.77. The number of nitrogens with two attached hydrogens (primary N) is 1. The molecule has 92 valence electrons. The number of hydrogen-bond acceptors (Lipinski definition) is 6. The first-order valence-corrected chi connectivity index (χ1v) is 5.25. The van der Waals surface area contributed by atoms with Crippen molar-refractivity contribution in [2.24, 2.45) is 16.9 Å². The number of aromatic nitrogens is 1. The lowest BCUT2D eigenvalue weighted by Crippen LogP contribution is -2.37. The Labute approximate surface area is 99.8 Å². The Morgan fingerprint density at radius 1 is 1.65 bits per heavy atom. The zero-order chi connectivity index (χ0) is 12.7. The van der Waals surface area contributed by atoms with Gasteiger partial charge in [-0.05, 0) is 18.1 Å². The molecule has 3 N–H and O–H groups in total. The van der Waals surface area contributed by atoms with Crippen LogP contribution in [0.3, 0.4) is 0 Å². The molecule has 0 radical (unpaired) electrons. The van der Waals surface area contributed by atoms with Crippen LogP contribution >= 0.6 is 0 Å². The van der Waals surface area contributed by atoms with Gasteiger partial charge in [-0.15, -0.1) is 5.48 Å². The van der Waals surface area contributed by atoms with Crippen molar-refractivity contribution in [1.29, 1.82) is 0 Å². The first-order chi connectivity index (χ1) is 8.15. The summed E-state index contributed by atoms with van der Waals surface area (Å²) in [6.07, 6.45) is 4.51. The van der Waals surface area contributed by atoms with Crippen LogP contribution in [0.2, 0.25) is 0 Å². The fraction of sp³-hybridized carbons (Fsp3) is 0.364. The third-order valence-corrected chi connectivity index (χ3v) is 2.15. The summed E-state index contributed by atoms with van der Waals surface area (Å²) in [5, 5.41) is 3.42. The zero-order valence-electron chi connectivity index (χ0n) is 9.83. The van der Waals surface area contributed by atoms with Gasteiger partial charge in [0.1, 0.15) is 0 Å². The first-order valence-electron chi connectivity index (χ1n) is 5.25. The molecular weight excluding hydrogens is 220 g/mol. The lowest BCUT2D eigenvalue weighted by molar-refractivity contribution is 0.0182. The Hall–Kier alpha value is -1.95. The van der Waals surface area contributed by atoms with E-state index in [-0.39, 0.29) is 12.0 Å². The summed E-state index contributed by atoms with van der Waals surface area (Å²) in [6.45, 7) is 3.91. The molecule has 0 saturated heterocycles. The Morgan fingerprint density at radius 2 is 2.41 bits per heavy atom.